The lowest BCUT2D eigenvalue weighted by Gasteiger charge is -1.94. The average molecular weight is 234 g/mol. The van der Waals surface area contributed by atoms with Crippen LogP contribution in [0.25, 0.3) is 0 Å². The monoisotopic (exact) mass is 234 g/mol. The van der Waals surface area contributed by atoms with Crippen LogP contribution in [0.3, 0.4) is 0 Å². The van der Waals surface area contributed by atoms with Crippen molar-refractivity contribution in [3.63, 3.8) is 0 Å². The summed E-state index contributed by atoms with van der Waals surface area (Å²) in [6.07, 6.45) is 0. The molecule has 0 saturated carbocycles. The zero-order valence-electron chi connectivity index (χ0n) is 3.46. The largest absolute Gasteiger partial charge is 0.389 e. The SMILES string of the molecule is O=P1(I)OCCO1. The quantitative estimate of drug-likeness (QED) is 0.471. The van der Waals surface area contributed by atoms with Crippen LogP contribution in [0, 0.1) is 0 Å². The van der Waals surface area contributed by atoms with Crippen LogP contribution in [-0.2, 0) is 13.6 Å². The van der Waals surface area contributed by atoms with Crippen LogP contribution in [-0.4, -0.2) is 13.2 Å². The van der Waals surface area contributed by atoms with E-state index in [1.165, 1.54) is 0 Å². The molecule has 1 saturated heterocycles. The van der Waals surface area contributed by atoms with E-state index in [-0.39, 0.29) is 0 Å². The molecule has 0 spiro atoms. The number of halogens is 1. The molecule has 1 fully saturated rings. The van der Waals surface area contributed by atoms with E-state index in [9.17, 15) is 4.57 Å². The molecule has 0 aromatic heterocycles. The average Bonchev–Trinajstić information content (AvgIpc) is 1.84. The molecule has 3 nitrogen and oxygen atoms in total. The molecule has 0 aromatic carbocycles. The maximum atomic E-state index is 10.6. The van der Waals surface area contributed by atoms with E-state index in [0.717, 1.165) is 0 Å². The molecular weight excluding hydrogens is 230 g/mol. The van der Waals surface area contributed by atoms with Crippen LogP contribution in [0.1, 0.15) is 0 Å². The molecule has 0 radical (unpaired) electrons. The summed E-state index contributed by atoms with van der Waals surface area (Å²) < 4.78 is 19.9. The van der Waals surface area contributed by atoms with Crippen LogP contribution in [0.4, 0.5) is 0 Å². The Kier molecular flexibility index (Phi) is 1.72. The van der Waals surface area contributed by atoms with Gasteiger partial charge in [-0.2, -0.15) is 0 Å². The number of hydrogen-bond acceptors (Lipinski definition) is 3. The molecule has 0 aliphatic carbocycles. The van der Waals surface area contributed by atoms with Crippen molar-refractivity contribution in [2.45, 2.75) is 0 Å². The summed E-state index contributed by atoms with van der Waals surface area (Å²) in [5, 5.41) is -2.57. The van der Waals surface area contributed by atoms with E-state index in [1.807, 2.05) is 0 Å². The van der Waals surface area contributed by atoms with Crippen molar-refractivity contribution >= 4 is 27.3 Å². The van der Waals surface area contributed by atoms with Crippen molar-refractivity contribution < 1.29 is 13.6 Å². The van der Waals surface area contributed by atoms with Crippen molar-refractivity contribution in [2.75, 3.05) is 13.2 Å². The van der Waals surface area contributed by atoms with Gasteiger partial charge in [0, 0.05) is 0 Å². The van der Waals surface area contributed by atoms with Crippen LogP contribution >= 0.6 is 27.3 Å². The van der Waals surface area contributed by atoms with Crippen LogP contribution in [0.5, 0.6) is 0 Å². The molecule has 1 rings (SSSR count). The highest BCUT2D eigenvalue weighted by Crippen LogP contribution is 2.59. The van der Waals surface area contributed by atoms with E-state index >= 15 is 0 Å². The van der Waals surface area contributed by atoms with Gasteiger partial charge in [0.2, 0.25) is 0 Å². The standard InChI is InChI=1S/C2H4IO3P/c3-7(4)5-1-2-6-7/h1-2H2. The van der Waals surface area contributed by atoms with Gasteiger partial charge in [-0.25, -0.2) is 4.57 Å². The third kappa shape index (κ3) is 1.68. The van der Waals surface area contributed by atoms with E-state index in [2.05, 4.69) is 9.05 Å². The summed E-state index contributed by atoms with van der Waals surface area (Å²) in [5.41, 5.74) is 0. The third-order valence-electron chi connectivity index (χ3n) is 0.574. The highest BCUT2D eigenvalue weighted by atomic mass is 127. The Bertz CT molecular complexity index is 104. The zero-order chi connectivity index (χ0) is 5.33. The van der Waals surface area contributed by atoms with Crippen LogP contribution in [0.15, 0.2) is 0 Å². The fraction of sp³-hybridized carbons (Fsp3) is 1.00. The first kappa shape index (κ1) is 6.01. The Morgan fingerprint density at radius 1 is 1.43 bits per heavy atom. The Labute approximate surface area is 54.4 Å². The van der Waals surface area contributed by atoms with Crippen molar-refractivity contribution in [1.29, 1.82) is 0 Å². The molecular formula is C2H4IO3P. The highest BCUT2D eigenvalue weighted by molar-refractivity contribution is 14.2. The van der Waals surface area contributed by atoms with Crippen molar-refractivity contribution in [3.05, 3.63) is 0 Å². The smallest absolute Gasteiger partial charge is 0.299 e. The predicted molar refractivity (Wildman–Crippen MR) is 33.5 cm³/mol. The van der Waals surface area contributed by atoms with E-state index < -0.39 is 5.24 Å². The Morgan fingerprint density at radius 3 is 2.00 bits per heavy atom. The summed E-state index contributed by atoms with van der Waals surface area (Å²) in [4.78, 5) is 0. The highest BCUT2D eigenvalue weighted by Gasteiger charge is 2.24. The van der Waals surface area contributed by atoms with Crippen LogP contribution in [0.2, 0.25) is 0 Å². The van der Waals surface area contributed by atoms with E-state index in [1.54, 1.807) is 22.0 Å². The summed E-state index contributed by atoms with van der Waals surface area (Å²) in [6.45, 7) is 0.945. The third-order valence-corrected chi connectivity index (χ3v) is 3.23. The second-order valence-electron chi connectivity index (χ2n) is 1.10. The maximum absolute atomic E-state index is 10.6. The fourth-order valence-corrected chi connectivity index (χ4v) is 2.17. The van der Waals surface area contributed by atoms with E-state index in [0.29, 0.717) is 13.2 Å². The minimum Gasteiger partial charge on any atom is -0.299 e. The van der Waals surface area contributed by atoms with Gasteiger partial charge in [0.1, 0.15) is 0 Å². The minimum absolute atomic E-state index is 0.472. The normalized spacial score (nSPS) is 28.1. The molecule has 5 heteroatoms. The van der Waals surface area contributed by atoms with Gasteiger partial charge in [-0.05, 0) is 0 Å². The minimum atomic E-state index is -2.57. The molecule has 1 heterocycles. The lowest BCUT2D eigenvalue weighted by Crippen LogP contribution is -1.79. The molecule has 0 unspecified atom stereocenters. The summed E-state index contributed by atoms with van der Waals surface area (Å²) >= 11 is 1.68. The predicted octanol–water partition coefficient (Wildman–Crippen LogP) is 1.58. The Hall–Kier alpha value is 0.880. The molecule has 42 valence electrons. The molecule has 0 atom stereocenters. The van der Waals surface area contributed by atoms with Gasteiger partial charge in [-0.1, -0.05) is 0 Å². The molecule has 0 aromatic rings. The van der Waals surface area contributed by atoms with Crippen molar-refractivity contribution in [3.8, 4) is 0 Å². The fourth-order valence-electron chi connectivity index (χ4n) is 0.330. The number of hydrogen-bond donors (Lipinski definition) is 0. The lowest BCUT2D eigenvalue weighted by molar-refractivity contribution is 0.365. The molecule has 0 bridgehead atoms. The zero-order valence-corrected chi connectivity index (χ0v) is 6.52. The van der Waals surface area contributed by atoms with E-state index in [4.69, 9.17) is 0 Å². The second-order valence-corrected chi connectivity index (χ2v) is 6.02. The first-order valence-electron chi connectivity index (χ1n) is 1.79. The first-order chi connectivity index (χ1) is 3.21. The number of rotatable bonds is 0. The lowest BCUT2D eigenvalue weighted by atomic mass is 10.8. The van der Waals surface area contributed by atoms with Gasteiger partial charge < -0.3 is 0 Å². The maximum Gasteiger partial charge on any atom is 0.389 e. The van der Waals surface area contributed by atoms with Gasteiger partial charge in [0.15, 0.2) is 0 Å². The van der Waals surface area contributed by atoms with Gasteiger partial charge in [0.25, 0.3) is 0 Å². The first-order valence-corrected chi connectivity index (χ1v) is 6.12. The molecule has 0 N–H and O–H groups in total. The summed E-state index contributed by atoms with van der Waals surface area (Å²) in [5.74, 6) is 0. The topological polar surface area (TPSA) is 35.5 Å². The molecule has 1 aliphatic rings. The Morgan fingerprint density at radius 2 is 1.86 bits per heavy atom. The molecule has 7 heavy (non-hydrogen) atoms. The van der Waals surface area contributed by atoms with Crippen molar-refractivity contribution in [1.82, 2.24) is 0 Å². The van der Waals surface area contributed by atoms with Gasteiger partial charge >= 0.3 is 5.24 Å². The molecule has 0 amide bonds. The summed E-state index contributed by atoms with van der Waals surface area (Å²) in [6, 6.07) is 0. The second kappa shape index (κ2) is 2.01. The van der Waals surface area contributed by atoms with Crippen molar-refractivity contribution in [2.24, 2.45) is 0 Å². The van der Waals surface area contributed by atoms with Crippen LogP contribution < -0.4 is 0 Å². The summed E-state index contributed by atoms with van der Waals surface area (Å²) in [7, 11) is 0. The van der Waals surface area contributed by atoms with Gasteiger partial charge in [-0.15, -0.1) is 0 Å². The molecule has 1 aliphatic heterocycles. The Balaban J connectivity index is 2.57. The van der Waals surface area contributed by atoms with Gasteiger partial charge in [-0.3, -0.25) is 9.05 Å². The van der Waals surface area contributed by atoms with Gasteiger partial charge in [0.05, 0.1) is 35.3 Å².